The molecule has 0 fully saturated rings. The summed E-state index contributed by atoms with van der Waals surface area (Å²) in [6.45, 7) is 0. The van der Waals surface area contributed by atoms with Crippen molar-refractivity contribution in [3.8, 4) is 16.8 Å². The lowest BCUT2D eigenvalue weighted by Crippen LogP contribution is -1.98. The van der Waals surface area contributed by atoms with Gasteiger partial charge in [0.25, 0.3) is 5.69 Å². The fourth-order valence-electron chi connectivity index (χ4n) is 3.92. The topological polar surface area (TPSA) is 48.1 Å². The Labute approximate surface area is 175 Å². The van der Waals surface area contributed by atoms with E-state index in [1.807, 2.05) is 60.7 Å². The van der Waals surface area contributed by atoms with E-state index in [1.54, 1.807) is 6.07 Å². The fraction of sp³-hybridized carbons (Fsp3) is 0. The molecule has 0 saturated carbocycles. The molecule has 1 heterocycles. The van der Waals surface area contributed by atoms with Gasteiger partial charge in [-0.3, -0.25) is 10.1 Å². The number of hydrogen-bond donors (Lipinski definition) is 0. The van der Waals surface area contributed by atoms with Gasteiger partial charge >= 0.3 is 0 Å². The Morgan fingerprint density at radius 3 is 1.93 bits per heavy atom. The van der Waals surface area contributed by atoms with Gasteiger partial charge in [-0.05, 0) is 30.3 Å². The van der Waals surface area contributed by atoms with Crippen LogP contribution in [0.2, 0.25) is 0 Å². The number of halogens is 1. The van der Waals surface area contributed by atoms with E-state index in [1.165, 1.54) is 0 Å². The fourth-order valence-corrected chi connectivity index (χ4v) is 4.42. The summed E-state index contributed by atoms with van der Waals surface area (Å²) in [6, 6.07) is 29.3. The molecule has 5 aromatic rings. The Morgan fingerprint density at radius 1 is 0.724 bits per heavy atom. The van der Waals surface area contributed by atoms with Crippen molar-refractivity contribution in [2.45, 2.75) is 0 Å². The highest BCUT2D eigenvalue weighted by atomic mass is 79.9. The van der Waals surface area contributed by atoms with E-state index in [0.29, 0.717) is 5.56 Å². The van der Waals surface area contributed by atoms with Crippen molar-refractivity contribution < 1.29 is 4.92 Å². The monoisotopic (exact) mass is 442 g/mol. The van der Waals surface area contributed by atoms with Crippen LogP contribution in [-0.4, -0.2) is 9.49 Å². The third-order valence-corrected chi connectivity index (χ3v) is 5.87. The summed E-state index contributed by atoms with van der Waals surface area (Å²) in [7, 11) is 0. The van der Waals surface area contributed by atoms with Gasteiger partial charge in [0.2, 0.25) is 0 Å². The second-order valence-electron chi connectivity index (χ2n) is 6.81. The molecular formula is C24H15BrN2O2. The predicted molar refractivity (Wildman–Crippen MR) is 121 cm³/mol. The summed E-state index contributed by atoms with van der Waals surface area (Å²) < 4.78 is 2.98. The van der Waals surface area contributed by atoms with E-state index in [4.69, 9.17) is 0 Å². The van der Waals surface area contributed by atoms with Crippen LogP contribution in [0.25, 0.3) is 38.6 Å². The lowest BCUT2D eigenvalue weighted by Gasteiger charge is -2.12. The molecule has 5 heteroatoms. The Balaban J connectivity index is 1.86. The van der Waals surface area contributed by atoms with Crippen molar-refractivity contribution in [1.29, 1.82) is 0 Å². The second kappa shape index (κ2) is 6.87. The summed E-state index contributed by atoms with van der Waals surface area (Å²) in [5, 5.41) is 14.0. The van der Waals surface area contributed by atoms with Crippen molar-refractivity contribution >= 4 is 43.4 Å². The third-order valence-electron chi connectivity index (χ3n) is 5.18. The minimum Gasteiger partial charge on any atom is -0.309 e. The van der Waals surface area contributed by atoms with Crippen LogP contribution in [-0.2, 0) is 0 Å². The highest BCUT2D eigenvalue weighted by molar-refractivity contribution is 9.10. The van der Waals surface area contributed by atoms with Gasteiger partial charge in [0.15, 0.2) is 0 Å². The standard InChI is InChI=1S/C24H15BrN2O2/c25-21-10-4-1-7-17(21)20-15-16(13-14-24(20)27(28)29)26-22-11-5-2-8-18(22)19-9-3-6-12-23(19)26/h1-15H. The maximum absolute atomic E-state index is 11.7. The van der Waals surface area contributed by atoms with Crippen molar-refractivity contribution in [1.82, 2.24) is 4.57 Å². The second-order valence-corrected chi connectivity index (χ2v) is 7.66. The highest BCUT2D eigenvalue weighted by Crippen LogP contribution is 2.38. The molecule has 0 aliphatic heterocycles. The van der Waals surface area contributed by atoms with Gasteiger partial charge in [0, 0.05) is 32.6 Å². The number of fused-ring (bicyclic) bond motifs is 3. The van der Waals surface area contributed by atoms with Gasteiger partial charge < -0.3 is 4.57 Å². The summed E-state index contributed by atoms with van der Waals surface area (Å²) in [6.07, 6.45) is 0. The van der Waals surface area contributed by atoms with Crippen molar-refractivity contribution in [3.63, 3.8) is 0 Å². The normalized spacial score (nSPS) is 11.2. The third kappa shape index (κ3) is 2.82. The van der Waals surface area contributed by atoms with Crippen LogP contribution in [0.1, 0.15) is 0 Å². The van der Waals surface area contributed by atoms with E-state index in [9.17, 15) is 10.1 Å². The average Bonchev–Trinajstić information content (AvgIpc) is 3.08. The number of rotatable bonds is 3. The van der Waals surface area contributed by atoms with Crippen LogP contribution in [0.15, 0.2) is 95.5 Å². The number of aromatic nitrogens is 1. The first kappa shape index (κ1) is 17.6. The molecule has 0 bridgehead atoms. The molecule has 4 nitrogen and oxygen atoms in total. The van der Waals surface area contributed by atoms with E-state index in [2.05, 4.69) is 44.8 Å². The van der Waals surface area contributed by atoms with Crippen LogP contribution >= 0.6 is 15.9 Å². The van der Waals surface area contributed by atoms with Gasteiger partial charge in [-0.15, -0.1) is 0 Å². The Bertz CT molecular complexity index is 1350. The van der Waals surface area contributed by atoms with E-state index in [-0.39, 0.29) is 10.6 Å². The molecular weight excluding hydrogens is 428 g/mol. The molecule has 0 spiro atoms. The zero-order valence-electron chi connectivity index (χ0n) is 15.2. The minimum atomic E-state index is -0.329. The lowest BCUT2D eigenvalue weighted by molar-refractivity contribution is -0.384. The summed E-state index contributed by atoms with van der Waals surface area (Å²) in [5.74, 6) is 0. The molecule has 0 unspecified atom stereocenters. The van der Waals surface area contributed by atoms with Gasteiger partial charge in [0.05, 0.1) is 21.5 Å². The first-order valence-corrected chi connectivity index (χ1v) is 9.96. The van der Waals surface area contributed by atoms with Crippen molar-refractivity contribution in [2.75, 3.05) is 0 Å². The lowest BCUT2D eigenvalue weighted by atomic mass is 10.0. The van der Waals surface area contributed by atoms with Gasteiger partial charge in [-0.25, -0.2) is 0 Å². The molecule has 4 aromatic carbocycles. The van der Waals surface area contributed by atoms with Crippen LogP contribution in [0.4, 0.5) is 5.69 Å². The molecule has 0 amide bonds. The molecule has 0 aliphatic rings. The maximum Gasteiger partial charge on any atom is 0.277 e. The first-order chi connectivity index (χ1) is 14.1. The number of nitrogens with zero attached hydrogens (tertiary/aromatic N) is 2. The van der Waals surface area contributed by atoms with Crippen LogP contribution < -0.4 is 0 Å². The number of hydrogen-bond acceptors (Lipinski definition) is 2. The maximum atomic E-state index is 11.7. The number of para-hydroxylation sites is 2. The van der Waals surface area contributed by atoms with Gasteiger partial charge in [-0.1, -0.05) is 70.5 Å². The molecule has 1 aromatic heterocycles. The predicted octanol–water partition coefficient (Wildman–Crippen LogP) is 7.12. The van der Waals surface area contributed by atoms with Crippen molar-refractivity contribution in [3.05, 3.63) is 106 Å². The average molecular weight is 443 g/mol. The van der Waals surface area contributed by atoms with E-state index < -0.39 is 0 Å². The Hall–Kier alpha value is -3.44. The summed E-state index contributed by atoms with van der Waals surface area (Å²) in [4.78, 5) is 11.4. The van der Waals surface area contributed by atoms with Gasteiger partial charge in [-0.2, -0.15) is 0 Å². The summed E-state index contributed by atoms with van der Waals surface area (Å²) >= 11 is 3.54. The molecule has 0 N–H and O–H groups in total. The van der Waals surface area contributed by atoms with Crippen molar-refractivity contribution in [2.24, 2.45) is 0 Å². The van der Waals surface area contributed by atoms with Crippen LogP contribution in [0, 0.1) is 10.1 Å². The number of benzene rings is 4. The minimum absolute atomic E-state index is 0.0846. The Kier molecular flexibility index (Phi) is 4.18. The molecule has 0 atom stereocenters. The van der Waals surface area contributed by atoms with Crippen LogP contribution in [0.5, 0.6) is 0 Å². The summed E-state index contributed by atoms with van der Waals surface area (Å²) in [5.41, 5.74) is 4.49. The van der Waals surface area contributed by atoms with E-state index >= 15 is 0 Å². The number of nitro benzene ring substituents is 1. The zero-order chi connectivity index (χ0) is 20.0. The molecule has 0 aliphatic carbocycles. The van der Waals surface area contributed by atoms with Crippen LogP contribution in [0.3, 0.4) is 0 Å². The molecule has 0 saturated heterocycles. The molecule has 29 heavy (non-hydrogen) atoms. The highest BCUT2D eigenvalue weighted by Gasteiger charge is 2.20. The quantitative estimate of drug-likeness (QED) is 0.220. The molecule has 5 rings (SSSR count). The number of nitro groups is 1. The first-order valence-electron chi connectivity index (χ1n) is 9.17. The SMILES string of the molecule is O=[N+]([O-])c1ccc(-n2c3ccccc3c3ccccc32)cc1-c1ccccc1Br. The Morgan fingerprint density at radius 2 is 1.31 bits per heavy atom. The van der Waals surface area contributed by atoms with E-state index in [0.717, 1.165) is 37.5 Å². The van der Waals surface area contributed by atoms with Gasteiger partial charge in [0.1, 0.15) is 0 Å². The zero-order valence-corrected chi connectivity index (χ0v) is 16.8. The largest absolute Gasteiger partial charge is 0.309 e. The smallest absolute Gasteiger partial charge is 0.277 e. The molecule has 140 valence electrons. The molecule has 0 radical (unpaired) electrons.